The Hall–Kier alpha value is -1.29. The quantitative estimate of drug-likeness (QED) is 0.869. The van der Waals surface area contributed by atoms with Crippen LogP contribution in [0.1, 0.15) is 18.5 Å². The summed E-state index contributed by atoms with van der Waals surface area (Å²) in [5.74, 6) is 0.310. The molecular formula is C14H21N3O. The molecule has 2 fully saturated rings. The third-order valence-corrected chi connectivity index (χ3v) is 4.30. The van der Waals surface area contributed by atoms with Gasteiger partial charge >= 0.3 is 0 Å². The van der Waals surface area contributed by atoms with E-state index in [4.69, 9.17) is 0 Å². The van der Waals surface area contributed by atoms with Crippen LogP contribution in [-0.2, 0) is 11.2 Å². The van der Waals surface area contributed by atoms with Crippen molar-refractivity contribution in [2.75, 3.05) is 33.2 Å². The van der Waals surface area contributed by atoms with Gasteiger partial charge in [0.15, 0.2) is 0 Å². The lowest BCUT2D eigenvalue weighted by Crippen LogP contribution is -2.59. The molecule has 18 heavy (non-hydrogen) atoms. The number of carbonyl (C=O) groups excluding carboxylic acids is 1. The van der Waals surface area contributed by atoms with Crippen molar-refractivity contribution in [2.45, 2.75) is 19.3 Å². The molecule has 4 heteroatoms. The predicted octanol–water partition coefficient (Wildman–Crippen LogP) is 1.11. The summed E-state index contributed by atoms with van der Waals surface area (Å²) in [7, 11) is 2.17. The molecule has 3 rings (SSSR count). The fraction of sp³-hybridized carbons (Fsp3) is 0.643. The summed E-state index contributed by atoms with van der Waals surface area (Å²) < 4.78 is 0. The number of nitrogens with zero attached hydrogens (tertiary/aromatic N) is 2. The van der Waals surface area contributed by atoms with Crippen LogP contribution in [0.2, 0.25) is 0 Å². The molecule has 3 heterocycles. The first-order valence-electron chi connectivity index (χ1n) is 6.76. The van der Waals surface area contributed by atoms with Crippen LogP contribution in [0, 0.1) is 5.41 Å². The van der Waals surface area contributed by atoms with E-state index in [1.807, 2.05) is 23.2 Å². The van der Waals surface area contributed by atoms with E-state index in [1.165, 1.54) is 13.0 Å². The van der Waals surface area contributed by atoms with Crippen LogP contribution in [0.15, 0.2) is 18.3 Å². The number of nitrogens with one attached hydrogen (secondary N) is 1. The minimum atomic E-state index is 0.310. The fourth-order valence-electron chi connectivity index (χ4n) is 3.28. The van der Waals surface area contributed by atoms with Crippen LogP contribution in [-0.4, -0.2) is 53.9 Å². The highest BCUT2D eigenvalue weighted by molar-refractivity contribution is 5.77. The predicted molar refractivity (Wildman–Crippen MR) is 70.2 cm³/mol. The van der Waals surface area contributed by atoms with Gasteiger partial charge in [-0.2, -0.15) is 0 Å². The lowest BCUT2D eigenvalue weighted by Gasteiger charge is -2.48. The van der Waals surface area contributed by atoms with Crippen molar-refractivity contribution in [3.05, 3.63) is 24.0 Å². The second-order valence-corrected chi connectivity index (χ2v) is 5.93. The van der Waals surface area contributed by atoms with Crippen LogP contribution < -0.4 is 0 Å². The number of aromatic nitrogens is 1. The number of hydrogen-bond donors (Lipinski definition) is 1. The Morgan fingerprint density at radius 2 is 2.28 bits per heavy atom. The Labute approximate surface area is 108 Å². The highest BCUT2D eigenvalue weighted by atomic mass is 16.2. The first-order chi connectivity index (χ1) is 8.67. The summed E-state index contributed by atoms with van der Waals surface area (Å²) in [4.78, 5) is 19.6. The molecule has 2 aliphatic heterocycles. The fourth-order valence-corrected chi connectivity index (χ4v) is 3.28. The van der Waals surface area contributed by atoms with Crippen molar-refractivity contribution in [2.24, 2.45) is 5.41 Å². The number of amides is 1. The average Bonchev–Trinajstić information content (AvgIpc) is 2.92. The number of aromatic amines is 1. The van der Waals surface area contributed by atoms with Crippen molar-refractivity contribution in [1.29, 1.82) is 0 Å². The summed E-state index contributed by atoms with van der Waals surface area (Å²) in [5.41, 5.74) is 1.58. The smallest absolute Gasteiger partial charge is 0.222 e. The van der Waals surface area contributed by atoms with Crippen molar-refractivity contribution in [1.82, 2.24) is 14.8 Å². The highest BCUT2D eigenvalue weighted by Crippen LogP contribution is 2.39. The number of aryl methyl sites for hydroxylation is 1. The standard InChI is InChI=1S/C14H21N3O/c1-16-8-6-14(9-16)10-17(11-14)13(18)5-4-12-3-2-7-15-12/h2-3,7,15H,4-6,8-11H2,1H3. The molecule has 98 valence electrons. The van der Waals surface area contributed by atoms with E-state index in [0.29, 0.717) is 17.7 Å². The molecule has 2 aliphatic rings. The van der Waals surface area contributed by atoms with E-state index >= 15 is 0 Å². The zero-order chi connectivity index (χ0) is 12.6. The lowest BCUT2D eigenvalue weighted by molar-refractivity contribution is -0.142. The van der Waals surface area contributed by atoms with Crippen molar-refractivity contribution >= 4 is 5.91 Å². The number of hydrogen-bond acceptors (Lipinski definition) is 2. The number of likely N-dealkylation sites (tertiary alicyclic amines) is 2. The van der Waals surface area contributed by atoms with E-state index in [2.05, 4.69) is 16.9 Å². The molecule has 1 amide bonds. The molecule has 4 nitrogen and oxygen atoms in total. The van der Waals surface area contributed by atoms with Gasteiger partial charge in [-0.1, -0.05) is 0 Å². The molecule has 2 saturated heterocycles. The molecular weight excluding hydrogens is 226 g/mol. The SMILES string of the molecule is CN1CCC2(C1)CN(C(=O)CCc1ccc[nH]1)C2. The monoisotopic (exact) mass is 247 g/mol. The van der Waals surface area contributed by atoms with E-state index in [1.54, 1.807) is 0 Å². The topological polar surface area (TPSA) is 39.3 Å². The Balaban J connectivity index is 1.45. The van der Waals surface area contributed by atoms with E-state index in [0.717, 1.165) is 31.7 Å². The Kier molecular flexibility index (Phi) is 2.90. The lowest BCUT2D eigenvalue weighted by atomic mass is 9.79. The molecule has 0 aliphatic carbocycles. The molecule has 0 aromatic carbocycles. The molecule has 0 radical (unpaired) electrons. The van der Waals surface area contributed by atoms with Gasteiger partial charge in [-0.25, -0.2) is 0 Å². The first kappa shape index (κ1) is 11.8. The zero-order valence-corrected chi connectivity index (χ0v) is 11.0. The molecule has 0 saturated carbocycles. The van der Waals surface area contributed by atoms with Crippen molar-refractivity contribution < 1.29 is 4.79 Å². The molecule has 0 unspecified atom stereocenters. The van der Waals surface area contributed by atoms with Crippen molar-refractivity contribution in [3.63, 3.8) is 0 Å². The van der Waals surface area contributed by atoms with Gasteiger partial charge in [-0.3, -0.25) is 4.79 Å². The number of rotatable bonds is 3. The third-order valence-electron chi connectivity index (χ3n) is 4.30. The minimum Gasteiger partial charge on any atom is -0.365 e. The van der Waals surface area contributed by atoms with Gasteiger partial charge in [-0.15, -0.1) is 0 Å². The van der Waals surface area contributed by atoms with Gasteiger partial charge in [0.1, 0.15) is 0 Å². The van der Waals surface area contributed by atoms with Crippen molar-refractivity contribution in [3.8, 4) is 0 Å². The maximum Gasteiger partial charge on any atom is 0.222 e. The van der Waals surface area contributed by atoms with Gasteiger partial charge in [-0.05, 0) is 38.6 Å². The Morgan fingerprint density at radius 1 is 1.44 bits per heavy atom. The Bertz CT molecular complexity index is 420. The van der Waals surface area contributed by atoms with E-state index < -0.39 is 0 Å². The summed E-state index contributed by atoms with van der Waals surface area (Å²) in [6.45, 7) is 4.29. The van der Waals surface area contributed by atoms with Crippen LogP contribution in [0.25, 0.3) is 0 Å². The maximum atomic E-state index is 12.0. The number of carbonyl (C=O) groups is 1. The van der Waals surface area contributed by atoms with Gasteiger partial charge in [0.05, 0.1) is 0 Å². The molecule has 1 aromatic heterocycles. The number of H-pyrrole nitrogens is 1. The minimum absolute atomic E-state index is 0.310. The molecule has 0 atom stereocenters. The largest absolute Gasteiger partial charge is 0.365 e. The van der Waals surface area contributed by atoms with Gasteiger partial charge < -0.3 is 14.8 Å². The summed E-state index contributed by atoms with van der Waals surface area (Å²) in [6, 6.07) is 4.02. The maximum absolute atomic E-state index is 12.0. The molecule has 1 spiro atoms. The van der Waals surface area contributed by atoms with Crippen LogP contribution in [0.3, 0.4) is 0 Å². The van der Waals surface area contributed by atoms with E-state index in [9.17, 15) is 4.79 Å². The second kappa shape index (κ2) is 4.43. The summed E-state index contributed by atoms with van der Waals surface area (Å²) >= 11 is 0. The molecule has 1 aromatic rings. The van der Waals surface area contributed by atoms with E-state index in [-0.39, 0.29) is 0 Å². The average molecular weight is 247 g/mol. The van der Waals surface area contributed by atoms with Gasteiger partial charge in [0.25, 0.3) is 0 Å². The normalized spacial score (nSPS) is 22.4. The summed E-state index contributed by atoms with van der Waals surface area (Å²) in [5, 5.41) is 0. The van der Waals surface area contributed by atoms with Gasteiger partial charge in [0.2, 0.25) is 5.91 Å². The van der Waals surface area contributed by atoms with Crippen LogP contribution in [0.4, 0.5) is 0 Å². The van der Waals surface area contributed by atoms with Crippen LogP contribution >= 0.6 is 0 Å². The highest BCUT2D eigenvalue weighted by Gasteiger charge is 2.47. The van der Waals surface area contributed by atoms with Gasteiger partial charge in [0, 0.05) is 43.4 Å². The van der Waals surface area contributed by atoms with Crippen LogP contribution in [0.5, 0.6) is 0 Å². The zero-order valence-electron chi connectivity index (χ0n) is 11.0. The summed E-state index contributed by atoms with van der Waals surface area (Å²) in [6.07, 6.45) is 4.62. The Morgan fingerprint density at radius 3 is 2.89 bits per heavy atom. The second-order valence-electron chi connectivity index (χ2n) is 5.93. The first-order valence-corrected chi connectivity index (χ1v) is 6.76. The molecule has 0 bridgehead atoms. The third kappa shape index (κ3) is 2.17. The molecule has 1 N–H and O–H groups in total.